The zero-order valence-corrected chi connectivity index (χ0v) is 20.2. The van der Waals surface area contributed by atoms with E-state index in [1.807, 2.05) is 0 Å². The summed E-state index contributed by atoms with van der Waals surface area (Å²) in [4.78, 5) is 17.4. The highest BCUT2D eigenvalue weighted by Crippen LogP contribution is 2.37. The molecular formula is C26H39N5O2. The van der Waals surface area contributed by atoms with Gasteiger partial charge in [0, 0.05) is 44.2 Å². The molecule has 1 aromatic heterocycles. The average molecular weight is 454 g/mol. The van der Waals surface area contributed by atoms with Crippen molar-refractivity contribution < 1.29 is 9.47 Å². The number of hydrogen-bond donors (Lipinski definition) is 0. The Kier molecular flexibility index (Phi) is 7.34. The first-order valence-electron chi connectivity index (χ1n) is 13.1. The number of fused-ring (bicyclic) bond motifs is 1. The van der Waals surface area contributed by atoms with E-state index < -0.39 is 0 Å². The van der Waals surface area contributed by atoms with Gasteiger partial charge in [-0.25, -0.2) is 4.98 Å². The van der Waals surface area contributed by atoms with Gasteiger partial charge in [-0.05, 0) is 70.5 Å². The largest absolute Gasteiger partial charge is 0.493 e. The molecule has 0 saturated carbocycles. The van der Waals surface area contributed by atoms with Crippen molar-refractivity contribution >= 4 is 22.7 Å². The second kappa shape index (κ2) is 10.8. The summed E-state index contributed by atoms with van der Waals surface area (Å²) in [6.07, 6.45) is 11.3. The van der Waals surface area contributed by atoms with Gasteiger partial charge in [-0.3, -0.25) is 0 Å². The van der Waals surface area contributed by atoms with E-state index >= 15 is 0 Å². The molecule has 2 aromatic rings. The van der Waals surface area contributed by atoms with E-state index in [4.69, 9.17) is 19.4 Å². The maximum absolute atomic E-state index is 6.24. The van der Waals surface area contributed by atoms with Crippen LogP contribution in [-0.2, 0) is 0 Å². The molecule has 0 unspecified atom stereocenters. The van der Waals surface area contributed by atoms with Crippen LogP contribution < -0.4 is 19.3 Å². The molecule has 7 heteroatoms. The van der Waals surface area contributed by atoms with Crippen molar-refractivity contribution in [3.05, 3.63) is 12.1 Å². The molecular weight excluding hydrogens is 414 g/mol. The predicted molar refractivity (Wildman–Crippen MR) is 134 cm³/mol. The maximum Gasteiger partial charge on any atom is 0.227 e. The van der Waals surface area contributed by atoms with E-state index in [0.29, 0.717) is 6.61 Å². The van der Waals surface area contributed by atoms with Crippen molar-refractivity contribution in [1.29, 1.82) is 0 Å². The number of aromatic nitrogens is 2. The van der Waals surface area contributed by atoms with E-state index in [1.54, 1.807) is 7.11 Å². The Balaban J connectivity index is 1.39. The van der Waals surface area contributed by atoms with Crippen LogP contribution in [0, 0.1) is 0 Å². The van der Waals surface area contributed by atoms with E-state index in [0.717, 1.165) is 73.3 Å². The Morgan fingerprint density at radius 2 is 1.42 bits per heavy atom. The second-order valence-electron chi connectivity index (χ2n) is 9.71. The Morgan fingerprint density at radius 3 is 2.15 bits per heavy atom. The minimum Gasteiger partial charge on any atom is -0.493 e. The van der Waals surface area contributed by atoms with Crippen LogP contribution >= 0.6 is 0 Å². The summed E-state index contributed by atoms with van der Waals surface area (Å²) in [5.74, 6) is 3.48. The van der Waals surface area contributed by atoms with E-state index in [2.05, 4.69) is 26.8 Å². The molecule has 4 heterocycles. The van der Waals surface area contributed by atoms with Crippen LogP contribution in [0.25, 0.3) is 10.9 Å². The van der Waals surface area contributed by atoms with Crippen molar-refractivity contribution in [3.63, 3.8) is 0 Å². The molecule has 3 aliphatic heterocycles. The zero-order chi connectivity index (χ0) is 22.5. The third-order valence-electron chi connectivity index (χ3n) is 7.32. The Labute approximate surface area is 198 Å². The molecule has 3 fully saturated rings. The first kappa shape index (κ1) is 22.5. The van der Waals surface area contributed by atoms with Crippen LogP contribution in [0.5, 0.6) is 11.5 Å². The number of nitrogens with zero attached hydrogens (tertiary/aromatic N) is 5. The summed E-state index contributed by atoms with van der Waals surface area (Å²) >= 11 is 0. The molecule has 3 aliphatic rings. The van der Waals surface area contributed by atoms with Gasteiger partial charge in [0.1, 0.15) is 5.82 Å². The third-order valence-corrected chi connectivity index (χ3v) is 7.32. The Morgan fingerprint density at radius 1 is 0.758 bits per heavy atom. The topological polar surface area (TPSA) is 54.0 Å². The molecule has 3 saturated heterocycles. The molecule has 0 amide bonds. The summed E-state index contributed by atoms with van der Waals surface area (Å²) in [5.41, 5.74) is 0.958. The van der Waals surface area contributed by atoms with E-state index in [1.165, 1.54) is 64.5 Å². The standard InChI is InChI=1S/C26H39N5O2/c1-32-23-19-21-22(20-24(23)33-18-10-13-29-11-4-2-5-12-29)27-26(31-16-8-9-17-31)28-25(21)30-14-6-3-7-15-30/h19-20H,2-18H2,1H3. The van der Waals surface area contributed by atoms with Crippen molar-refractivity contribution in [2.45, 2.75) is 57.8 Å². The summed E-state index contributed by atoms with van der Waals surface area (Å²) in [6, 6.07) is 4.16. The lowest BCUT2D eigenvalue weighted by Crippen LogP contribution is -2.31. The number of anilines is 2. The molecule has 7 nitrogen and oxygen atoms in total. The van der Waals surface area contributed by atoms with Crippen LogP contribution in [0.15, 0.2) is 12.1 Å². The van der Waals surface area contributed by atoms with Crippen molar-refractivity contribution in [2.24, 2.45) is 0 Å². The normalized spacial score (nSPS) is 19.9. The molecule has 0 spiro atoms. The number of benzene rings is 1. The fourth-order valence-corrected chi connectivity index (χ4v) is 5.44. The number of piperidine rings is 2. The van der Waals surface area contributed by atoms with Gasteiger partial charge in [0.2, 0.25) is 5.95 Å². The number of hydrogen-bond acceptors (Lipinski definition) is 7. The molecule has 0 N–H and O–H groups in total. The lowest BCUT2D eigenvalue weighted by Gasteiger charge is -2.30. The molecule has 0 atom stereocenters. The smallest absolute Gasteiger partial charge is 0.227 e. The monoisotopic (exact) mass is 453 g/mol. The van der Waals surface area contributed by atoms with Gasteiger partial charge in [0.25, 0.3) is 0 Å². The molecule has 1 aromatic carbocycles. The minimum atomic E-state index is 0.696. The van der Waals surface area contributed by atoms with Crippen molar-refractivity contribution in [3.8, 4) is 11.5 Å². The minimum absolute atomic E-state index is 0.696. The molecule has 5 rings (SSSR count). The van der Waals surface area contributed by atoms with Crippen molar-refractivity contribution in [1.82, 2.24) is 14.9 Å². The lowest BCUT2D eigenvalue weighted by molar-refractivity contribution is 0.203. The number of rotatable bonds is 8. The predicted octanol–water partition coefficient (Wildman–Crippen LogP) is 4.48. The molecule has 180 valence electrons. The van der Waals surface area contributed by atoms with Gasteiger partial charge < -0.3 is 24.2 Å². The molecule has 0 radical (unpaired) electrons. The quantitative estimate of drug-likeness (QED) is 0.546. The van der Waals surface area contributed by atoms with Gasteiger partial charge >= 0.3 is 0 Å². The maximum atomic E-state index is 6.24. The van der Waals surface area contributed by atoms with Crippen LogP contribution in [0.4, 0.5) is 11.8 Å². The van der Waals surface area contributed by atoms with Crippen LogP contribution in [0.3, 0.4) is 0 Å². The van der Waals surface area contributed by atoms with Gasteiger partial charge in [-0.15, -0.1) is 0 Å². The van der Waals surface area contributed by atoms with Crippen LogP contribution in [-0.4, -0.2) is 74.4 Å². The molecule has 0 bridgehead atoms. The highest BCUT2D eigenvalue weighted by atomic mass is 16.5. The Hall–Kier alpha value is -2.28. The summed E-state index contributed by atoms with van der Waals surface area (Å²) in [6.45, 7) is 8.47. The second-order valence-corrected chi connectivity index (χ2v) is 9.71. The number of methoxy groups -OCH3 is 1. The molecule has 0 aliphatic carbocycles. The van der Waals surface area contributed by atoms with Gasteiger partial charge in [-0.2, -0.15) is 4.98 Å². The Bertz CT molecular complexity index is 919. The lowest BCUT2D eigenvalue weighted by atomic mass is 10.1. The van der Waals surface area contributed by atoms with Crippen molar-refractivity contribution in [2.75, 3.05) is 69.3 Å². The first-order chi connectivity index (χ1) is 16.3. The zero-order valence-electron chi connectivity index (χ0n) is 20.2. The highest BCUT2D eigenvalue weighted by Gasteiger charge is 2.23. The van der Waals surface area contributed by atoms with Gasteiger partial charge in [0.15, 0.2) is 11.5 Å². The summed E-state index contributed by atoms with van der Waals surface area (Å²) in [5, 5.41) is 1.07. The van der Waals surface area contributed by atoms with Crippen LogP contribution in [0.1, 0.15) is 57.8 Å². The van der Waals surface area contributed by atoms with Gasteiger partial charge in [0.05, 0.1) is 19.2 Å². The summed E-state index contributed by atoms with van der Waals surface area (Å²) in [7, 11) is 1.72. The number of ether oxygens (including phenoxy) is 2. The van der Waals surface area contributed by atoms with E-state index in [9.17, 15) is 0 Å². The van der Waals surface area contributed by atoms with Gasteiger partial charge in [-0.1, -0.05) is 6.42 Å². The van der Waals surface area contributed by atoms with Crippen LogP contribution in [0.2, 0.25) is 0 Å². The SMILES string of the molecule is COc1cc2c(N3CCCCC3)nc(N3CCCC3)nc2cc1OCCCN1CCCCC1. The first-order valence-corrected chi connectivity index (χ1v) is 13.1. The molecule has 33 heavy (non-hydrogen) atoms. The number of likely N-dealkylation sites (tertiary alicyclic amines) is 1. The van der Waals surface area contributed by atoms with E-state index in [-0.39, 0.29) is 0 Å². The third kappa shape index (κ3) is 5.29. The fourth-order valence-electron chi connectivity index (χ4n) is 5.44. The fraction of sp³-hybridized carbons (Fsp3) is 0.692. The average Bonchev–Trinajstić information content (AvgIpc) is 3.42. The highest BCUT2D eigenvalue weighted by molar-refractivity contribution is 5.93. The summed E-state index contributed by atoms with van der Waals surface area (Å²) < 4.78 is 12.0.